The lowest BCUT2D eigenvalue weighted by Crippen LogP contribution is -2.44. The number of sulfonamides is 1. The van der Waals surface area contributed by atoms with E-state index in [-0.39, 0.29) is 0 Å². The van der Waals surface area contributed by atoms with Crippen molar-refractivity contribution in [2.24, 2.45) is 5.92 Å². The van der Waals surface area contributed by atoms with Crippen LogP contribution in [0.3, 0.4) is 0 Å². The lowest BCUT2D eigenvalue weighted by atomic mass is 10.1. The average molecular weight is 341 g/mol. The van der Waals surface area contributed by atoms with Gasteiger partial charge in [-0.2, -0.15) is 13.5 Å². The fourth-order valence-corrected chi connectivity index (χ4v) is 3.07. The minimum absolute atomic E-state index is 0.472. The number of alkyl halides is 2. The Morgan fingerprint density at radius 3 is 2.36 bits per heavy atom. The van der Waals surface area contributed by atoms with E-state index < -0.39 is 51.0 Å². The van der Waals surface area contributed by atoms with E-state index in [2.05, 4.69) is 4.74 Å². The minimum Gasteiger partial charge on any atom is -0.480 e. The van der Waals surface area contributed by atoms with E-state index in [9.17, 15) is 26.4 Å². The van der Waals surface area contributed by atoms with E-state index in [1.807, 2.05) is 4.72 Å². The molecule has 2 N–H and O–H groups in total. The molecule has 0 aliphatic carbocycles. The fourth-order valence-electron chi connectivity index (χ4n) is 1.59. The number of rotatable bonds is 7. The van der Waals surface area contributed by atoms with Crippen LogP contribution >= 0.6 is 0 Å². The van der Waals surface area contributed by atoms with Crippen molar-refractivity contribution in [1.29, 1.82) is 0 Å². The van der Waals surface area contributed by atoms with E-state index in [1.165, 1.54) is 13.8 Å². The highest BCUT2D eigenvalue weighted by Gasteiger charge is 2.30. The summed E-state index contributed by atoms with van der Waals surface area (Å²) >= 11 is 0. The molecule has 124 valence electrons. The molecule has 0 fully saturated rings. The number of halogens is 3. The highest BCUT2D eigenvalue weighted by atomic mass is 32.2. The zero-order valence-electron chi connectivity index (χ0n) is 11.6. The van der Waals surface area contributed by atoms with Crippen LogP contribution < -0.4 is 9.46 Å². The first-order valence-electron chi connectivity index (χ1n) is 6.04. The second-order valence-electron chi connectivity index (χ2n) is 4.65. The van der Waals surface area contributed by atoms with Gasteiger partial charge in [0.1, 0.15) is 22.5 Å². The van der Waals surface area contributed by atoms with E-state index >= 15 is 0 Å². The molecule has 0 aliphatic heterocycles. The molecule has 6 nitrogen and oxygen atoms in total. The van der Waals surface area contributed by atoms with Crippen LogP contribution in [0.15, 0.2) is 23.1 Å². The van der Waals surface area contributed by atoms with Crippen molar-refractivity contribution in [2.45, 2.75) is 31.4 Å². The molecular formula is C12H14F3NO5S. The predicted molar refractivity (Wildman–Crippen MR) is 69.6 cm³/mol. The Hall–Kier alpha value is -1.81. The van der Waals surface area contributed by atoms with E-state index in [0.29, 0.717) is 6.07 Å². The fraction of sp³-hybridized carbons (Fsp3) is 0.417. The summed E-state index contributed by atoms with van der Waals surface area (Å²) in [6.07, 6.45) is 0. The van der Waals surface area contributed by atoms with Crippen molar-refractivity contribution in [2.75, 3.05) is 0 Å². The SMILES string of the molecule is CC(C)[C@@H](NS(=O)(=O)c1cc(F)ccc1OC(F)F)C(=O)O. The van der Waals surface area contributed by atoms with Crippen molar-refractivity contribution in [1.82, 2.24) is 4.72 Å². The van der Waals surface area contributed by atoms with Crippen molar-refractivity contribution < 1.29 is 36.2 Å². The lowest BCUT2D eigenvalue weighted by molar-refractivity contribution is -0.140. The van der Waals surface area contributed by atoms with Crippen LogP contribution in [0.1, 0.15) is 13.8 Å². The zero-order valence-corrected chi connectivity index (χ0v) is 12.4. The number of aliphatic carboxylic acids is 1. The van der Waals surface area contributed by atoms with Crippen molar-refractivity contribution in [3.63, 3.8) is 0 Å². The number of ether oxygens (including phenoxy) is 1. The summed E-state index contributed by atoms with van der Waals surface area (Å²) in [4.78, 5) is 10.1. The molecule has 0 amide bonds. The second kappa shape index (κ2) is 6.97. The van der Waals surface area contributed by atoms with E-state index in [0.717, 1.165) is 12.1 Å². The summed E-state index contributed by atoms with van der Waals surface area (Å²) in [6, 6.07) is 0.432. The Bertz CT molecular complexity index is 648. The van der Waals surface area contributed by atoms with Gasteiger partial charge in [-0.3, -0.25) is 4.79 Å². The Kier molecular flexibility index (Phi) is 5.78. The van der Waals surface area contributed by atoms with Gasteiger partial charge in [-0.25, -0.2) is 12.8 Å². The summed E-state index contributed by atoms with van der Waals surface area (Å²) < 4.78 is 67.9. The normalized spacial score (nSPS) is 13.4. The largest absolute Gasteiger partial charge is 0.480 e. The van der Waals surface area contributed by atoms with Crippen molar-refractivity contribution in [3.8, 4) is 5.75 Å². The number of nitrogens with one attached hydrogen (secondary N) is 1. The minimum atomic E-state index is -4.58. The van der Waals surface area contributed by atoms with E-state index in [4.69, 9.17) is 5.11 Å². The summed E-state index contributed by atoms with van der Waals surface area (Å²) in [5.74, 6) is -3.86. The van der Waals surface area contributed by atoms with Gasteiger partial charge in [0.2, 0.25) is 10.0 Å². The van der Waals surface area contributed by atoms with Crippen LogP contribution in [0, 0.1) is 11.7 Å². The molecule has 0 saturated heterocycles. The number of benzene rings is 1. The molecule has 0 saturated carbocycles. The number of hydrogen-bond acceptors (Lipinski definition) is 4. The van der Waals surface area contributed by atoms with Gasteiger partial charge < -0.3 is 9.84 Å². The standard InChI is InChI=1S/C12H14F3NO5S/c1-6(2)10(11(17)18)16-22(19,20)9-5-7(13)3-4-8(9)21-12(14)15/h3-6,10,12,16H,1-2H3,(H,17,18)/t10-/m1/s1. The van der Waals surface area contributed by atoms with Crippen LogP contribution in [0.5, 0.6) is 5.75 Å². The van der Waals surface area contributed by atoms with E-state index in [1.54, 1.807) is 0 Å². The predicted octanol–water partition coefficient (Wildman–Crippen LogP) is 1.81. The maximum atomic E-state index is 13.2. The second-order valence-corrected chi connectivity index (χ2v) is 6.33. The van der Waals surface area contributed by atoms with Gasteiger partial charge in [-0.1, -0.05) is 13.8 Å². The molecule has 0 unspecified atom stereocenters. The van der Waals surface area contributed by atoms with Gasteiger partial charge in [0.25, 0.3) is 0 Å². The summed E-state index contributed by atoms with van der Waals surface area (Å²) in [5, 5.41) is 8.97. The Morgan fingerprint density at radius 2 is 1.91 bits per heavy atom. The molecule has 1 rings (SSSR count). The molecule has 0 aliphatic rings. The molecule has 22 heavy (non-hydrogen) atoms. The van der Waals surface area contributed by atoms with Crippen LogP contribution in [0.25, 0.3) is 0 Å². The maximum Gasteiger partial charge on any atom is 0.387 e. The molecular weight excluding hydrogens is 327 g/mol. The Balaban J connectivity index is 3.27. The maximum absolute atomic E-state index is 13.2. The van der Waals surface area contributed by atoms with Gasteiger partial charge in [0.05, 0.1) is 0 Å². The molecule has 10 heteroatoms. The average Bonchev–Trinajstić information content (AvgIpc) is 2.37. The zero-order chi connectivity index (χ0) is 17.1. The van der Waals surface area contributed by atoms with Gasteiger partial charge in [0.15, 0.2) is 0 Å². The van der Waals surface area contributed by atoms with Gasteiger partial charge >= 0.3 is 12.6 Å². The molecule has 0 aromatic heterocycles. The monoisotopic (exact) mass is 341 g/mol. The van der Waals surface area contributed by atoms with Gasteiger partial charge in [0, 0.05) is 0 Å². The van der Waals surface area contributed by atoms with Gasteiger partial charge in [-0.05, 0) is 24.1 Å². The number of carbonyl (C=O) groups is 1. The highest BCUT2D eigenvalue weighted by molar-refractivity contribution is 7.89. The topological polar surface area (TPSA) is 92.7 Å². The van der Waals surface area contributed by atoms with Crippen LogP contribution in [0.2, 0.25) is 0 Å². The number of carboxylic acid groups (broad SMARTS) is 1. The third-order valence-electron chi connectivity index (χ3n) is 2.63. The van der Waals surface area contributed by atoms with Crippen LogP contribution in [0.4, 0.5) is 13.2 Å². The summed E-state index contributed by atoms with van der Waals surface area (Å²) in [6.45, 7) is -0.424. The quantitative estimate of drug-likeness (QED) is 0.789. The molecule has 1 aromatic carbocycles. The smallest absolute Gasteiger partial charge is 0.387 e. The van der Waals surface area contributed by atoms with Gasteiger partial charge in [-0.15, -0.1) is 0 Å². The molecule has 0 radical (unpaired) electrons. The molecule has 0 bridgehead atoms. The molecule has 0 heterocycles. The third kappa shape index (κ3) is 4.60. The molecule has 1 aromatic rings. The van der Waals surface area contributed by atoms with Crippen LogP contribution in [-0.4, -0.2) is 32.1 Å². The summed E-state index contributed by atoms with van der Waals surface area (Å²) in [5.41, 5.74) is 0. The Morgan fingerprint density at radius 1 is 1.32 bits per heavy atom. The number of carboxylic acids is 1. The highest BCUT2D eigenvalue weighted by Crippen LogP contribution is 2.26. The first-order valence-corrected chi connectivity index (χ1v) is 7.52. The lowest BCUT2D eigenvalue weighted by Gasteiger charge is -2.19. The molecule has 0 spiro atoms. The third-order valence-corrected chi connectivity index (χ3v) is 4.09. The van der Waals surface area contributed by atoms with Crippen molar-refractivity contribution >= 4 is 16.0 Å². The van der Waals surface area contributed by atoms with Crippen LogP contribution in [-0.2, 0) is 14.8 Å². The Labute approximate surface area is 124 Å². The number of hydrogen-bond donors (Lipinski definition) is 2. The summed E-state index contributed by atoms with van der Waals surface area (Å²) in [7, 11) is -4.58. The first-order chi connectivity index (χ1) is 10.0. The molecule has 1 atom stereocenters. The first kappa shape index (κ1) is 18.2. The van der Waals surface area contributed by atoms with Crippen molar-refractivity contribution in [3.05, 3.63) is 24.0 Å².